The van der Waals surface area contributed by atoms with Crippen molar-refractivity contribution < 1.29 is 4.79 Å². The fraction of sp³-hybridized carbons (Fsp3) is 0.389. The van der Waals surface area contributed by atoms with Gasteiger partial charge in [-0.2, -0.15) is 0 Å². The molecule has 1 aliphatic rings. The molecule has 1 fully saturated rings. The molecule has 2 aromatic carbocycles. The lowest BCUT2D eigenvalue weighted by atomic mass is 9.98. The zero-order valence-electron chi connectivity index (χ0n) is 12.8. The summed E-state index contributed by atoms with van der Waals surface area (Å²) in [5.74, 6) is 0.120. The molecular formula is C18H23ClN2O. The van der Waals surface area contributed by atoms with E-state index >= 15 is 0 Å². The number of nitrogens with one attached hydrogen (secondary N) is 2. The van der Waals surface area contributed by atoms with E-state index in [-0.39, 0.29) is 30.4 Å². The molecule has 2 N–H and O–H groups in total. The van der Waals surface area contributed by atoms with Crippen LogP contribution in [0.1, 0.15) is 37.8 Å². The average molecular weight is 319 g/mol. The number of hydrogen-bond donors (Lipinski definition) is 2. The number of halogens is 1. The van der Waals surface area contributed by atoms with Gasteiger partial charge in [0.05, 0.1) is 12.1 Å². The van der Waals surface area contributed by atoms with E-state index in [0.29, 0.717) is 0 Å². The highest BCUT2D eigenvalue weighted by Crippen LogP contribution is 2.24. The molecule has 0 saturated carbocycles. The first-order valence-electron chi connectivity index (χ1n) is 7.77. The van der Waals surface area contributed by atoms with E-state index in [2.05, 4.69) is 47.9 Å². The van der Waals surface area contributed by atoms with E-state index in [4.69, 9.17) is 0 Å². The molecule has 118 valence electrons. The van der Waals surface area contributed by atoms with E-state index in [1.54, 1.807) is 0 Å². The topological polar surface area (TPSA) is 41.1 Å². The van der Waals surface area contributed by atoms with Crippen molar-refractivity contribution >= 4 is 29.1 Å². The van der Waals surface area contributed by atoms with Crippen LogP contribution in [0, 0.1) is 0 Å². The Morgan fingerprint density at radius 2 is 1.95 bits per heavy atom. The molecule has 2 aromatic rings. The lowest BCUT2D eigenvalue weighted by Gasteiger charge is -2.25. The van der Waals surface area contributed by atoms with Crippen LogP contribution in [0.4, 0.5) is 0 Å². The molecule has 0 radical (unpaired) electrons. The third-order valence-electron chi connectivity index (χ3n) is 4.28. The summed E-state index contributed by atoms with van der Waals surface area (Å²) in [6.07, 6.45) is 3.24. The smallest absolute Gasteiger partial charge is 0.237 e. The molecule has 3 nitrogen and oxygen atoms in total. The molecule has 0 aliphatic carbocycles. The minimum absolute atomic E-state index is 0. The van der Waals surface area contributed by atoms with Crippen molar-refractivity contribution in [2.45, 2.75) is 38.3 Å². The molecular weight excluding hydrogens is 296 g/mol. The third-order valence-corrected chi connectivity index (χ3v) is 4.28. The highest BCUT2D eigenvalue weighted by atomic mass is 35.5. The van der Waals surface area contributed by atoms with Gasteiger partial charge in [-0.3, -0.25) is 4.79 Å². The SMILES string of the molecule is CC(NC(=O)[C@H]1CCCCN1)c1cccc2ccccc12.Cl. The number of piperidine rings is 1. The number of benzene rings is 2. The predicted molar refractivity (Wildman–Crippen MR) is 93.4 cm³/mol. The molecule has 0 bridgehead atoms. The summed E-state index contributed by atoms with van der Waals surface area (Å²) in [5, 5.41) is 8.88. The number of carbonyl (C=O) groups is 1. The van der Waals surface area contributed by atoms with Crippen molar-refractivity contribution in [2.75, 3.05) is 6.54 Å². The van der Waals surface area contributed by atoms with E-state index in [9.17, 15) is 4.79 Å². The van der Waals surface area contributed by atoms with Gasteiger partial charge in [0.1, 0.15) is 0 Å². The maximum absolute atomic E-state index is 12.3. The van der Waals surface area contributed by atoms with Crippen LogP contribution < -0.4 is 10.6 Å². The van der Waals surface area contributed by atoms with Gasteiger partial charge in [0.25, 0.3) is 0 Å². The second-order valence-corrected chi connectivity index (χ2v) is 5.80. The van der Waals surface area contributed by atoms with Crippen molar-refractivity contribution in [1.82, 2.24) is 10.6 Å². The summed E-state index contributed by atoms with van der Waals surface area (Å²) in [4.78, 5) is 12.3. The Kier molecular flexibility index (Phi) is 5.81. The minimum Gasteiger partial charge on any atom is -0.348 e. The van der Waals surface area contributed by atoms with Gasteiger partial charge in [-0.15, -0.1) is 12.4 Å². The van der Waals surface area contributed by atoms with E-state index < -0.39 is 0 Å². The number of hydrogen-bond acceptors (Lipinski definition) is 2. The quantitative estimate of drug-likeness (QED) is 0.908. The minimum atomic E-state index is -0.0313. The van der Waals surface area contributed by atoms with Crippen molar-refractivity contribution in [3.8, 4) is 0 Å². The van der Waals surface area contributed by atoms with Gasteiger partial charge in [0, 0.05) is 0 Å². The lowest BCUT2D eigenvalue weighted by molar-refractivity contribution is -0.124. The van der Waals surface area contributed by atoms with Crippen LogP contribution in [0.3, 0.4) is 0 Å². The highest BCUT2D eigenvalue weighted by Gasteiger charge is 2.22. The van der Waals surface area contributed by atoms with Gasteiger partial charge < -0.3 is 10.6 Å². The van der Waals surface area contributed by atoms with Crippen molar-refractivity contribution in [1.29, 1.82) is 0 Å². The normalized spacial score (nSPS) is 19.2. The monoisotopic (exact) mass is 318 g/mol. The zero-order chi connectivity index (χ0) is 14.7. The first kappa shape index (κ1) is 16.8. The van der Waals surface area contributed by atoms with Gasteiger partial charge >= 0.3 is 0 Å². The fourth-order valence-electron chi connectivity index (χ4n) is 3.10. The average Bonchev–Trinajstić information content (AvgIpc) is 2.55. The molecule has 1 unspecified atom stereocenters. The van der Waals surface area contributed by atoms with Crippen molar-refractivity contribution in [2.24, 2.45) is 0 Å². The largest absolute Gasteiger partial charge is 0.348 e. The summed E-state index contributed by atoms with van der Waals surface area (Å²) in [6, 6.07) is 14.6. The van der Waals surface area contributed by atoms with Crippen LogP contribution in [-0.4, -0.2) is 18.5 Å². The van der Waals surface area contributed by atoms with Gasteiger partial charge in [0.15, 0.2) is 0 Å². The van der Waals surface area contributed by atoms with Crippen LogP contribution in [-0.2, 0) is 4.79 Å². The van der Waals surface area contributed by atoms with Crippen LogP contribution in [0.2, 0.25) is 0 Å². The zero-order valence-corrected chi connectivity index (χ0v) is 13.7. The number of rotatable bonds is 3. The molecule has 3 rings (SSSR count). The first-order chi connectivity index (χ1) is 10.3. The molecule has 1 amide bonds. The molecule has 1 heterocycles. The summed E-state index contributed by atoms with van der Waals surface area (Å²) >= 11 is 0. The van der Waals surface area contributed by atoms with Gasteiger partial charge in [-0.05, 0) is 42.6 Å². The molecule has 0 aromatic heterocycles. The molecule has 2 atom stereocenters. The predicted octanol–water partition coefficient (Wildman–Crippen LogP) is 3.58. The molecule has 22 heavy (non-hydrogen) atoms. The molecule has 1 aliphatic heterocycles. The fourth-order valence-corrected chi connectivity index (χ4v) is 3.10. The van der Waals surface area contributed by atoms with E-state index in [0.717, 1.165) is 19.4 Å². The van der Waals surface area contributed by atoms with Crippen molar-refractivity contribution in [3.05, 3.63) is 48.0 Å². The maximum Gasteiger partial charge on any atom is 0.237 e. The third kappa shape index (κ3) is 3.60. The summed E-state index contributed by atoms with van der Waals surface area (Å²) in [6.45, 7) is 3.00. The van der Waals surface area contributed by atoms with Crippen LogP contribution in [0.5, 0.6) is 0 Å². The Labute approximate surface area is 137 Å². The second-order valence-electron chi connectivity index (χ2n) is 5.80. The Morgan fingerprint density at radius 1 is 1.18 bits per heavy atom. The Morgan fingerprint density at radius 3 is 2.73 bits per heavy atom. The maximum atomic E-state index is 12.3. The number of fused-ring (bicyclic) bond motifs is 1. The van der Waals surface area contributed by atoms with Crippen LogP contribution in [0.15, 0.2) is 42.5 Å². The lowest BCUT2D eigenvalue weighted by Crippen LogP contribution is -2.47. The first-order valence-corrected chi connectivity index (χ1v) is 7.77. The van der Waals surface area contributed by atoms with Gasteiger partial charge in [0.2, 0.25) is 5.91 Å². The Hall–Kier alpha value is -1.58. The molecule has 1 saturated heterocycles. The number of carbonyl (C=O) groups excluding carboxylic acids is 1. The van der Waals surface area contributed by atoms with Crippen molar-refractivity contribution in [3.63, 3.8) is 0 Å². The van der Waals surface area contributed by atoms with Crippen LogP contribution >= 0.6 is 12.4 Å². The summed E-state index contributed by atoms with van der Waals surface area (Å²) in [5.41, 5.74) is 1.18. The summed E-state index contributed by atoms with van der Waals surface area (Å²) in [7, 11) is 0. The van der Waals surface area contributed by atoms with Gasteiger partial charge in [-0.1, -0.05) is 48.9 Å². The van der Waals surface area contributed by atoms with Crippen LogP contribution in [0.25, 0.3) is 10.8 Å². The summed E-state index contributed by atoms with van der Waals surface area (Å²) < 4.78 is 0. The highest BCUT2D eigenvalue weighted by molar-refractivity contribution is 5.87. The molecule has 4 heteroatoms. The Balaban J connectivity index is 0.00000176. The number of amides is 1. The Bertz CT molecular complexity index is 633. The standard InChI is InChI=1S/C18H22N2O.ClH/c1-13(20-18(21)17-11-4-5-12-19-17)15-10-6-8-14-7-2-3-9-16(14)15;/h2-3,6-10,13,17,19H,4-5,11-12H2,1H3,(H,20,21);1H/t13?,17-;/m1./s1. The second kappa shape index (κ2) is 7.61. The molecule has 0 spiro atoms. The van der Waals surface area contributed by atoms with E-state index in [1.165, 1.54) is 22.8 Å². The van der Waals surface area contributed by atoms with E-state index in [1.807, 2.05) is 12.1 Å². The van der Waals surface area contributed by atoms with Gasteiger partial charge in [-0.25, -0.2) is 0 Å².